The van der Waals surface area contributed by atoms with Crippen LogP contribution in [0.25, 0.3) is 10.9 Å². The number of pyridine rings is 2. The SMILES string of the molecule is Cc1cc2ccncc2nc1C(C)C. The van der Waals surface area contributed by atoms with Gasteiger partial charge in [-0.1, -0.05) is 13.8 Å². The summed E-state index contributed by atoms with van der Waals surface area (Å²) < 4.78 is 0. The van der Waals surface area contributed by atoms with E-state index in [1.165, 1.54) is 16.6 Å². The van der Waals surface area contributed by atoms with Crippen molar-refractivity contribution in [1.29, 1.82) is 0 Å². The second-order valence-corrected chi connectivity index (χ2v) is 3.91. The van der Waals surface area contributed by atoms with E-state index in [2.05, 4.69) is 36.8 Å². The molecule has 2 nitrogen and oxygen atoms in total. The van der Waals surface area contributed by atoms with Crippen LogP contribution in [0.15, 0.2) is 24.5 Å². The van der Waals surface area contributed by atoms with Gasteiger partial charge in [0.15, 0.2) is 0 Å². The van der Waals surface area contributed by atoms with Crippen LogP contribution < -0.4 is 0 Å². The van der Waals surface area contributed by atoms with Gasteiger partial charge in [-0.3, -0.25) is 9.97 Å². The first-order valence-corrected chi connectivity index (χ1v) is 4.90. The van der Waals surface area contributed by atoms with Gasteiger partial charge >= 0.3 is 0 Å². The number of rotatable bonds is 1. The summed E-state index contributed by atoms with van der Waals surface area (Å²) in [4.78, 5) is 8.69. The lowest BCUT2D eigenvalue weighted by atomic mass is 10.0. The van der Waals surface area contributed by atoms with Crippen molar-refractivity contribution in [3.63, 3.8) is 0 Å². The van der Waals surface area contributed by atoms with E-state index in [4.69, 9.17) is 0 Å². The molecule has 0 atom stereocenters. The molecular formula is C12H14N2. The van der Waals surface area contributed by atoms with Gasteiger partial charge in [0.2, 0.25) is 0 Å². The molecule has 0 saturated carbocycles. The van der Waals surface area contributed by atoms with E-state index < -0.39 is 0 Å². The fourth-order valence-corrected chi connectivity index (χ4v) is 1.72. The second kappa shape index (κ2) is 3.37. The molecule has 0 radical (unpaired) electrons. The van der Waals surface area contributed by atoms with Crippen molar-refractivity contribution in [1.82, 2.24) is 9.97 Å². The summed E-state index contributed by atoms with van der Waals surface area (Å²) in [6.45, 7) is 6.44. The highest BCUT2D eigenvalue weighted by atomic mass is 14.7. The quantitative estimate of drug-likeness (QED) is 0.684. The van der Waals surface area contributed by atoms with Crippen molar-refractivity contribution in [2.75, 3.05) is 0 Å². The summed E-state index contributed by atoms with van der Waals surface area (Å²) >= 11 is 0. The molecule has 0 saturated heterocycles. The van der Waals surface area contributed by atoms with E-state index in [9.17, 15) is 0 Å². The third-order valence-corrected chi connectivity index (χ3v) is 2.40. The Morgan fingerprint density at radius 1 is 1.29 bits per heavy atom. The first-order chi connectivity index (χ1) is 6.68. The minimum absolute atomic E-state index is 0.472. The van der Waals surface area contributed by atoms with E-state index in [0.29, 0.717) is 5.92 Å². The average molecular weight is 186 g/mol. The molecule has 0 amide bonds. The predicted molar refractivity (Wildman–Crippen MR) is 58.4 cm³/mol. The zero-order chi connectivity index (χ0) is 10.1. The molecular weight excluding hydrogens is 172 g/mol. The van der Waals surface area contributed by atoms with Crippen molar-refractivity contribution in [3.8, 4) is 0 Å². The van der Waals surface area contributed by atoms with Gasteiger partial charge in [-0.25, -0.2) is 0 Å². The largest absolute Gasteiger partial charge is 0.262 e. The standard InChI is InChI=1S/C12H14N2/c1-8(2)12-9(3)6-10-4-5-13-7-11(10)14-12/h4-8H,1-3H3. The molecule has 2 aromatic rings. The first kappa shape index (κ1) is 9.13. The summed E-state index contributed by atoms with van der Waals surface area (Å²) in [5.41, 5.74) is 3.42. The number of nitrogens with zero attached hydrogens (tertiary/aromatic N) is 2. The van der Waals surface area contributed by atoms with Crippen LogP contribution in [0.4, 0.5) is 0 Å². The molecule has 0 bridgehead atoms. The number of aromatic nitrogens is 2. The molecule has 0 aliphatic rings. The Morgan fingerprint density at radius 3 is 2.79 bits per heavy atom. The lowest BCUT2D eigenvalue weighted by Gasteiger charge is -2.09. The van der Waals surface area contributed by atoms with Crippen molar-refractivity contribution in [2.45, 2.75) is 26.7 Å². The van der Waals surface area contributed by atoms with Crippen LogP contribution in [-0.4, -0.2) is 9.97 Å². The molecule has 72 valence electrons. The van der Waals surface area contributed by atoms with Gasteiger partial charge in [0.1, 0.15) is 0 Å². The maximum Gasteiger partial charge on any atom is 0.0888 e. The normalized spacial score (nSPS) is 11.1. The predicted octanol–water partition coefficient (Wildman–Crippen LogP) is 3.06. The van der Waals surface area contributed by atoms with Crippen LogP contribution in [0.3, 0.4) is 0 Å². The molecule has 14 heavy (non-hydrogen) atoms. The van der Waals surface area contributed by atoms with E-state index in [1.807, 2.05) is 12.3 Å². The number of aryl methyl sites for hydroxylation is 1. The maximum atomic E-state index is 4.61. The fraction of sp³-hybridized carbons (Fsp3) is 0.333. The summed E-state index contributed by atoms with van der Waals surface area (Å²) in [6, 6.07) is 4.18. The minimum atomic E-state index is 0.472. The second-order valence-electron chi connectivity index (χ2n) is 3.91. The number of hydrogen-bond acceptors (Lipinski definition) is 2. The molecule has 0 N–H and O–H groups in total. The van der Waals surface area contributed by atoms with Crippen molar-refractivity contribution >= 4 is 10.9 Å². The maximum absolute atomic E-state index is 4.61. The van der Waals surface area contributed by atoms with Crippen molar-refractivity contribution < 1.29 is 0 Å². The van der Waals surface area contributed by atoms with Gasteiger partial charge in [-0.2, -0.15) is 0 Å². The zero-order valence-corrected chi connectivity index (χ0v) is 8.78. The van der Waals surface area contributed by atoms with E-state index >= 15 is 0 Å². The number of fused-ring (bicyclic) bond motifs is 1. The van der Waals surface area contributed by atoms with Gasteiger partial charge in [0, 0.05) is 17.3 Å². The molecule has 0 unspecified atom stereocenters. The van der Waals surface area contributed by atoms with Gasteiger partial charge in [0.25, 0.3) is 0 Å². The molecule has 0 spiro atoms. The Kier molecular flexibility index (Phi) is 2.20. The molecule has 2 heterocycles. The summed E-state index contributed by atoms with van der Waals surface area (Å²) in [7, 11) is 0. The first-order valence-electron chi connectivity index (χ1n) is 4.90. The summed E-state index contributed by atoms with van der Waals surface area (Å²) in [5, 5.41) is 1.17. The topological polar surface area (TPSA) is 25.8 Å². The molecule has 2 rings (SSSR count). The van der Waals surface area contributed by atoms with Crippen LogP contribution in [0.2, 0.25) is 0 Å². The van der Waals surface area contributed by atoms with Gasteiger partial charge in [0.05, 0.1) is 11.7 Å². The summed E-state index contributed by atoms with van der Waals surface area (Å²) in [5.74, 6) is 0.472. The van der Waals surface area contributed by atoms with E-state index in [-0.39, 0.29) is 0 Å². The van der Waals surface area contributed by atoms with Crippen molar-refractivity contribution in [2.24, 2.45) is 0 Å². The third-order valence-electron chi connectivity index (χ3n) is 2.40. The Labute approximate surface area is 84.0 Å². The monoisotopic (exact) mass is 186 g/mol. The zero-order valence-electron chi connectivity index (χ0n) is 8.78. The van der Waals surface area contributed by atoms with Crippen molar-refractivity contribution in [3.05, 3.63) is 35.8 Å². The third kappa shape index (κ3) is 1.48. The fourth-order valence-electron chi connectivity index (χ4n) is 1.72. The Morgan fingerprint density at radius 2 is 2.07 bits per heavy atom. The van der Waals surface area contributed by atoms with Gasteiger partial charge in [-0.05, 0) is 30.5 Å². The molecule has 0 aliphatic carbocycles. The van der Waals surface area contributed by atoms with Crippen LogP contribution in [0, 0.1) is 6.92 Å². The van der Waals surface area contributed by atoms with Crippen LogP contribution in [-0.2, 0) is 0 Å². The highest BCUT2D eigenvalue weighted by molar-refractivity contribution is 5.78. The van der Waals surface area contributed by atoms with E-state index in [1.54, 1.807) is 6.20 Å². The smallest absolute Gasteiger partial charge is 0.0888 e. The average Bonchev–Trinajstić information content (AvgIpc) is 2.16. The Hall–Kier alpha value is -1.44. The number of hydrogen-bond donors (Lipinski definition) is 0. The van der Waals surface area contributed by atoms with Crippen LogP contribution in [0.1, 0.15) is 31.0 Å². The summed E-state index contributed by atoms with van der Waals surface area (Å²) in [6.07, 6.45) is 3.62. The molecule has 0 aliphatic heterocycles. The van der Waals surface area contributed by atoms with Gasteiger partial charge < -0.3 is 0 Å². The molecule has 0 fully saturated rings. The van der Waals surface area contributed by atoms with Crippen LogP contribution >= 0.6 is 0 Å². The molecule has 2 heteroatoms. The molecule has 0 aromatic carbocycles. The Balaban J connectivity index is 2.71. The lowest BCUT2D eigenvalue weighted by molar-refractivity contribution is 0.819. The minimum Gasteiger partial charge on any atom is -0.262 e. The Bertz CT molecular complexity index is 461. The van der Waals surface area contributed by atoms with E-state index in [0.717, 1.165) is 5.52 Å². The van der Waals surface area contributed by atoms with Gasteiger partial charge in [-0.15, -0.1) is 0 Å². The lowest BCUT2D eigenvalue weighted by Crippen LogP contribution is -1.97. The molecule has 2 aromatic heterocycles. The highest BCUT2D eigenvalue weighted by Crippen LogP contribution is 2.20. The highest BCUT2D eigenvalue weighted by Gasteiger charge is 2.06. The van der Waals surface area contributed by atoms with Crippen LogP contribution in [0.5, 0.6) is 0 Å².